The molecule has 2 aromatic carbocycles. The summed E-state index contributed by atoms with van der Waals surface area (Å²) >= 11 is 1.74. The van der Waals surface area contributed by atoms with E-state index in [4.69, 9.17) is 0 Å². The molecule has 0 bridgehead atoms. The van der Waals surface area contributed by atoms with Crippen LogP contribution in [0.4, 0.5) is 0 Å². The van der Waals surface area contributed by atoms with Gasteiger partial charge < -0.3 is 4.90 Å². The first kappa shape index (κ1) is 22.9. The number of nitrogens with one attached hydrogen (secondary N) is 1. The van der Waals surface area contributed by atoms with Gasteiger partial charge in [0.1, 0.15) is 6.04 Å². The number of hydrogen-bond acceptors (Lipinski definition) is 5. The molecule has 1 atom stereocenters. The molecular weight excluding hydrogens is 442 g/mol. The standard InChI is InChI=1S/C24H29N3O3S2/c1-18(2)23(24(28)27-13-11-26(12-14-27)17-21-8-5-15-31-21)25-32(29,30)22-10-9-19-6-3-4-7-20(19)16-22/h3-10,15-16,18,23,25H,11-14,17H2,1-2H3. The Morgan fingerprint density at radius 1 is 1.00 bits per heavy atom. The van der Waals surface area contributed by atoms with Crippen LogP contribution in [0.15, 0.2) is 64.9 Å². The van der Waals surface area contributed by atoms with Gasteiger partial charge in [0.2, 0.25) is 15.9 Å². The molecule has 1 unspecified atom stereocenters. The number of sulfonamides is 1. The summed E-state index contributed by atoms with van der Waals surface area (Å²) in [5, 5.41) is 3.90. The Labute approximate surface area is 193 Å². The number of nitrogens with zero attached hydrogens (tertiary/aromatic N) is 2. The molecule has 0 radical (unpaired) electrons. The third-order valence-electron chi connectivity index (χ3n) is 5.89. The Hall–Kier alpha value is -2.26. The molecule has 1 aliphatic rings. The first-order chi connectivity index (χ1) is 15.3. The Morgan fingerprint density at radius 2 is 1.72 bits per heavy atom. The monoisotopic (exact) mass is 471 g/mol. The van der Waals surface area contributed by atoms with Gasteiger partial charge in [-0.2, -0.15) is 4.72 Å². The third-order valence-corrected chi connectivity index (χ3v) is 8.19. The van der Waals surface area contributed by atoms with Gasteiger partial charge in [0.25, 0.3) is 0 Å². The molecule has 2 heterocycles. The van der Waals surface area contributed by atoms with Gasteiger partial charge in [0.15, 0.2) is 0 Å². The molecule has 1 aliphatic heterocycles. The fourth-order valence-electron chi connectivity index (χ4n) is 3.99. The highest BCUT2D eigenvalue weighted by Gasteiger charge is 2.33. The van der Waals surface area contributed by atoms with E-state index in [0.717, 1.165) is 30.4 Å². The largest absolute Gasteiger partial charge is 0.339 e. The van der Waals surface area contributed by atoms with Gasteiger partial charge in [-0.3, -0.25) is 9.69 Å². The van der Waals surface area contributed by atoms with Crippen molar-refractivity contribution < 1.29 is 13.2 Å². The van der Waals surface area contributed by atoms with Gasteiger partial charge in [-0.25, -0.2) is 8.42 Å². The van der Waals surface area contributed by atoms with Crippen LogP contribution in [0.5, 0.6) is 0 Å². The van der Waals surface area contributed by atoms with Crippen molar-refractivity contribution in [3.63, 3.8) is 0 Å². The quantitative estimate of drug-likeness (QED) is 0.572. The van der Waals surface area contributed by atoms with Crippen molar-refractivity contribution in [1.29, 1.82) is 0 Å². The van der Waals surface area contributed by atoms with Crippen LogP contribution in [0.2, 0.25) is 0 Å². The topological polar surface area (TPSA) is 69.7 Å². The van der Waals surface area contributed by atoms with Crippen LogP contribution in [0.25, 0.3) is 10.8 Å². The lowest BCUT2D eigenvalue weighted by Crippen LogP contribution is -2.56. The zero-order chi connectivity index (χ0) is 22.7. The van der Waals surface area contributed by atoms with Crippen LogP contribution < -0.4 is 4.72 Å². The van der Waals surface area contributed by atoms with E-state index in [1.165, 1.54) is 4.88 Å². The van der Waals surface area contributed by atoms with Crippen LogP contribution in [-0.4, -0.2) is 56.3 Å². The third kappa shape index (κ3) is 5.20. The summed E-state index contributed by atoms with van der Waals surface area (Å²) in [5.74, 6) is -0.318. The summed E-state index contributed by atoms with van der Waals surface area (Å²) in [6.07, 6.45) is 0. The van der Waals surface area contributed by atoms with E-state index in [-0.39, 0.29) is 16.7 Å². The smallest absolute Gasteiger partial charge is 0.241 e. The number of thiophene rings is 1. The molecule has 0 spiro atoms. The van der Waals surface area contributed by atoms with E-state index in [2.05, 4.69) is 27.1 Å². The fraction of sp³-hybridized carbons (Fsp3) is 0.375. The molecule has 6 nitrogen and oxygen atoms in total. The molecular formula is C24H29N3O3S2. The lowest BCUT2D eigenvalue weighted by Gasteiger charge is -2.37. The molecule has 0 aliphatic carbocycles. The zero-order valence-electron chi connectivity index (χ0n) is 18.4. The molecule has 1 aromatic heterocycles. The van der Waals surface area contributed by atoms with Gasteiger partial charge in [-0.1, -0.05) is 50.2 Å². The van der Waals surface area contributed by atoms with Crippen LogP contribution in [0.3, 0.4) is 0 Å². The van der Waals surface area contributed by atoms with Crippen LogP contribution >= 0.6 is 11.3 Å². The maximum absolute atomic E-state index is 13.3. The molecule has 4 rings (SSSR count). The van der Waals surface area contributed by atoms with Crippen molar-refractivity contribution in [3.8, 4) is 0 Å². The van der Waals surface area contributed by atoms with Crippen LogP contribution in [0.1, 0.15) is 18.7 Å². The molecule has 1 fully saturated rings. The van der Waals surface area contributed by atoms with Gasteiger partial charge >= 0.3 is 0 Å². The molecule has 1 saturated heterocycles. The van der Waals surface area contributed by atoms with Crippen molar-refractivity contribution >= 4 is 38.0 Å². The van der Waals surface area contributed by atoms with Crippen molar-refractivity contribution in [1.82, 2.24) is 14.5 Å². The predicted molar refractivity (Wildman–Crippen MR) is 129 cm³/mol. The zero-order valence-corrected chi connectivity index (χ0v) is 20.0. The van der Waals surface area contributed by atoms with E-state index >= 15 is 0 Å². The number of piperazine rings is 1. The average molecular weight is 472 g/mol. The number of amides is 1. The van der Waals surface area contributed by atoms with Crippen LogP contribution in [-0.2, 0) is 21.4 Å². The van der Waals surface area contributed by atoms with Crippen molar-refractivity contribution in [3.05, 3.63) is 64.9 Å². The lowest BCUT2D eigenvalue weighted by molar-refractivity contribution is -0.135. The van der Waals surface area contributed by atoms with Crippen molar-refractivity contribution in [2.75, 3.05) is 26.2 Å². The van der Waals surface area contributed by atoms with Gasteiger partial charge in [-0.05, 0) is 40.3 Å². The second-order valence-corrected chi connectivity index (χ2v) is 11.3. The molecule has 1 amide bonds. The Morgan fingerprint density at radius 3 is 2.38 bits per heavy atom. The summed E-state index contributed by atoms with van der Waals surface area (Å²) in [5.41, 5.74) is 0. The second-order valence-electron chi connectivity index (χ2n) is 8.53. The van der Waals surface area contributed by atoms with E-state index in [0.29, 0.717) is 13.1 Å². The van der Waals surface area contributed by atoms with Crippen LogP contribution in [0, 0.1) is 5.92 Å². The van der Waals surface area contributed by atoms with E-state index in [1.807, 2.05) is 38.1 Å². The van der Waals surface area contributed by atoms with Crippen molar-refractivity contribution in [2.45, 2.75) is 31.3 Å². The number of carbonyl (C=O) groups is 1. The Kier molecular flexibility index (Phi) is 6.95. The summed E-state index contributed by atoms with van der Waals surface area (Å²) in [7, 11) is -3.83. The molecule has 3 aromatic rings. The summed E-state index contributed by atoms with van der Waals surface area (Å²) in [4.78, 5) is 18.9. The average Bonchev–Trinajstić information content (AvgIpc) is 3.30. The maximum Gasteiger partial charge on any atom is 0.241 e. The number of hydrogen-bond donors (Lipinski definition) is 1. The number of fused-ring (bicyclic) bond motifs is 1. The molecule has 1 N–H and O–H groups in total. The van der Waals surface area contributed by atoms with Crippen molar-refractivity contribution in [2.24, 2.45) is 5.92 Å². The maximum atomic E-state index is 13.3. The second kappa shape index (κ2) is 9.70. The Bertz CT molecular complexity index is 1170. The normalized spacial score (nSPS) is 16.5. The molecule has 8 heteroatoms. The van der Waals surface area contributed by atoms with Gasteiger partial charge in [-0.15, -0.1) is 11.3 Å². The highest BCUT2D eigenvalue weighted by molar-refractivity contribution is 7.89. The predicted octanol–water partition coefficient (Wildman–Crippen LogP) is 3.55. The first-order valence-corrected chi connectivity index (χ1v) is 13.2. The Balaban J connectivity index is 1.44. The number of carbonyl (C=O) groups excluding carboxylic acids is 1. The summed E-state index contributed by atoms with van der Waals surface area (Å²) in [6, 6.07) is 16.0. The molecule has 32 heavy (non-hydrogen) atoms. The first-order valence-electron chi connectivity index (χ1n) is 10.9. The summed E-state index contributed by atoms with van der Waals surface area (Å²) in [6.45, 7) is 7.41. The molecule has 170 valence electrons. The minimum Gasteiger partial charge on any atom is -0.339 e. The van der Waals surface area contributed by atoms with E-state index in [1.54, 1.807) is 34.4 Å². The van der Waals surface area contributed by atoms with E-state index in [9.17, 15) is 13.2 Å². The molecule has 0 saturated carbocycles. The number of benzene rings is 2. The number of rotatable bonds is 7. The van der Waals surface area contributed by atoms with Gasteiger partial charge in [0.05, 0.1) is 4.90 Å². The SMILES string of the molecule is CC(C)C(NS(=O)(=O)c1ccc2ccccc2c1)C(=O)N1CCN(Cc2cccs2)CC1. The van der Waals surface area contributed by atoms with E-state index < -0.39 is 16.1 Å². The highest BCUT2D eigenvalue weighted by atomic mass is 32.2. The minimum atomic E-state index is -3.83. The summed E-state index contributed by atoms with van der Waals surface area (Å²) < 4.78 is 28.9. The fourth-order valence-corrected chi connectivity index (χ4v) is 6.11. The minimum absolute atomic E-state index is 0.153. The lowest BCUT2D eigenvalue weighted by atomic mass is 10.0. The highest BCUT2D eigenvalue weighted by Crippen LogP contribution is 2.21. The van der Waals surface area contributed by atoms with Gasteiger partial charge in [0, 0.05) is 37.6 Å².